The summed E-state index contributed by atoms with van der Waals surface area (Å²) in [6.07, 6.45) is 4.61. The monoisotopic (exact) mass is 479 g/mol. The highest BCUT2D eigenvalue weighted by Gasteiger charge is 2.23. The summed E-state index contributed by atoms with van der Waals surface area (Å²) in [5.41, 5.74) is 7.50. The molecule has 1 aliphatic rings. The number of likely N-dealkylation sites (tertiary alicyclic amines) is 1. The van der Waals surface area contributed by atoms with E-state index < -0.39 is 0 Å². The molecule has 0 radical (unpaired) electrons. The van der Waals surface area contributed by atoms with Crippen molar-refractivity contribution in [2.75, 3.05) is 25.0 Å². The Morgan fingerprint density at radius 2 is 1.69 bits per heavy atom. The second kappa shape index (κ2) is 10.3. The van der Waals surface area contributed by atoms with Gasteiger partial charge in [-0.15, -0.1) is 0 Å². The molecular formula is C32H37N3O. The van der Waals surface area contributed by atoms with Gasteiger partial charge in [-0.05, 0) is 80.2 Å². The van der Waals surface area contributed by atoms with E-state index in [-0.39, 0.29) is 11.8 Å². The predicted molar refractivity (Wildman–Crippen MR) is 150 cm³/mol. The van der Waals surface area contributed by atoms with Crippen LogP contribution in [0.4, 0.5) is 5.69 Å². The molecule has 0 bridgehead atoms. The van der Waals surface area contributed by atoms with E-state index in [0.717, 1.165) is 38.2 Å². The number of carbonyl (C=O) groups is 1. The van der Waals surface area contributed by atoms with E-state index in [0.29, 0.717) is 5.92 Å². The average molecular weight is 480 g/mol. The minimum absolute atomic E-state index is 0.00107. The molecule has 0 N–H and O–H groups in total. The molecular weight excluding hydrogens is 442 g/mol. The van der Waals surface area contributed by atoms with Crippen molar-refractivity contribution >= 4 is 22.5 Å². The molecule has 186 valence electrons. The van der Waals surface area contributed by atoms with E-state index in [2.05, 4.69) is 89.3 Å². The van der Waals surface area contributed by atoms with Gasteiger partial charge in [0, 0.05) is 42.5 Å². The first kappa shape index (κ1) is 24.3. The normalized spacial score (nSPS) is 15.0. The Hall–Kier alpha value is -3.37. The van der Waals surface area contributed by atoms with Crippen LogP contribution in [0.3, 0.4) is 0 Å². The zero-order valence-electron chi connectivity index (χ0n) is 21.9. The summed E-state index contributed by atoms with van der Waals surface area (Å²) in [6.45, 7) is 9.18. The lowest BCUT2D eigenvalue weighted by Gasteiger charge is -2.32. The maximum absolute atomic E-state index is 12.5. The Kier molecular flexibility index (Phi) is 6.97. The van der Waals surface area contributed by atoms with Crippen molar-refractivity contribution in [3.8, 4) is 5.69 Å². The third kappa shape index (κ3) is 4.96. The third-order valence-electron chi connectivity index (χ3n) is 7.64. The highest BCUT2D eigenvalue weighted by atomic mass is 16.2. The van der Waals surface area contributed by atoms with Crippen LogP contribution in [-0.4, -0.2) is 35.5 Å². The molecule has 0 saturated carbocycles. The second-order valence-corrected chi connectivity index (χ2v) is 10.6. The number of piperidine rings is 1. The molecule has 1 aromatic heterocycles. The zero-order chi connectivity index (χ0) is 25.2. The van der Waals surface area contributed by atoms with Crippen LogP contribution < -0.4 is 4.90 Å². The van der Waals surface area contributed by atoms with Crippen molar-refractivity contribution in [1.82, 2.24) is 9.47 Å². The van der Waals surface area contributed by atoms with Crippen LogP contribution >= 0.6 is 0 Å². The maximum Gasteiger partial charge on any atom is 0.229 e. The van der Waals surface area contributed by atoms with Gasteiger partial charge in [-0.2, -0.15) is 0 Å². The van der Waals surface area contributed by atoms with Gasteiger partial charge in [0.25, 0.3) is 0 Å². The summed E-state index contributed by atoms with van der Waals surface area (Å²) >= 11 is 0. The topological polar surface area (TPSA) is 28.5 Å². The predicted octanol–water partition coefficient (Wildman–Crippen LogP) is 6.94. The minimum Gasteiger partial charge on any atom is -0.316 e. The summed E-state index contributed by atoms with van der Waals surface area (Å²) in [4.78, 5) is 16.9. The second-order valence-electron chi connectivity index (χ2n) is 10.6. The fourth-order valence-electron chi connectivity index (χ4n) is 5.46. The van der Waals surface area contributed by atoms with Crippen LogP contribution in [0.25, 0.3) is 16.6 Å². The number of rotatable bonds is 6. The lowest BCUT2D eigenvalue weighted by molar-refractivity contribution is -0.121. The van der Waals surface area contributed by atoms with Crippen molar-refractivity contribution in [3.63, 3.8) is 0 Å². The van der Waals surface area contributed by atoms with E-state index in [4.69, 9.17) is 0 Å². The van der Waals surface area contributed by atoms with E-state index >= 15 is 0 Å². The molecule has 1 saturated heterocycles. The molecule has 2 heterocycles. The number of amides is 1. The Balaban J connectivity index is 1.29. The lowest BCUT2D eigenvalue weighted by atomic mass is 9.89. The van der Waals surface area contributed by atoms with Crippen molar-refractivity contribution in [2.24, 2.45) is 5.92 Å². The van der Waals surface area contributed by atoms with Gasteiger partial charge in [-0.1, -0.05) is 61.9 Å². The first-order valence-electron chi connectivity index (χ1n) is 13.2. The minimum atomic E-state index is -0.00107. The third-order valence-corrected chi connectivity index (χ3v) is 7.64. The van der Waals surface area contributed by atoms with Gasteiger partial charge < -0.3 is 9.47 Å². The molecule has 0 atom stereocenters. The Morgan fingerprint density at radius 1 is 0.972 bits per heavy atom. The number of carbonyl (C=O) groups excluding carboxylic acids is 1. The number of benzene rings is 3. The molecule has 4 aromatic rings. The highest BCUT2D eigenvalue weighted by Crippen LogP contribution is 2.32. The number of anilines is 1. The number of hydrogen-bond acceptors (Lipinski definition) is 2. The first-order chi connectivity index (χ1) is 17.4. The van der Waals surface area contributed by atoms with E-state index in [1.165, 1.54) is 33.3 Å². The fourth-order valence-corrected chi connectivity index (χ4v) is 5.46. The van der Waals surface area contributed by atoms with Gasteiger partial charge in [0.1, 0.15) is 0 Å². The first-order valence-corrected chi connectivity index (χ1v) is 13.2. The summed E-state index contributed by atoms with van der Waals surface area (Å²) in [5.74, 6) is 0.697. The SMILES string of the molecule is Cc1ccc(-n2cc(CN3CCC(c4cccc(N(C)C(=O)C(C)C)c4)CC3)c3ccccc32)cc1. The molecule has 0 unspecified atom stereocenters. The summed E-state index contributed by atoms with van der Waals surface area (Å²) < 4.78 is 2.33. The highest BCUT2D eigenvalue weighted by molar-refractivity contribution is 5.94. The molecule has 36 heavy (non-hydrogen) atoms. The van der Waals surface area contributed by atoms with Crippen LogP contribution in [0, 0.1) is 12.8 Å². The quantitative estimate of drug-likeness (QED) is 0.300. The lowest BCUT2D eigenvalue weighted by Crippen LogP contribution is -2.32. The van der Waals surface area contributed by atoms with Crippen LogP contribution in [0.15, 0.2) is 79.0 Å². The van der Waals surface area contributed by atoms with E-state index in [1.54, 1.807) is 4.90 Å². The van der Waals surface area contributed by atoms with Crippen molar-refractivity contribution in [2.45, 2.75) is 46.1 Å². The van der Waals surface area contributed by atoms with Gasteiger partial charge in [0.2, 0.25) is 5.91 Å². The van der Waals surface area contributed by atoms with Crippen molar-refractivity contribution in [1.29, 1.82) is 0 Å². The smallest absolute Gasteiger partial charge is 0.229 e. The van der Waals surface area contributed by atoms with E-state index in [1.807, 2.05) is 27.0 Å². The van der Waals surface area contributed by atoms with Crippen LogP contribution in [-0.2, 0) is 11.3 Å². The van der Waals surface area contributed by atoms with Crippen molar-refractivity contribution in [3.05, 3.63) is 95.7 Å². The summed E-state index contributed by atoms with van der Waals surface area (Å²) in [5, 5.41) is 1.34. The standard InChI is InChI=1S/C32H37N3O/c1-23(2)32(36)33(4)29-9-7-8-26(20-29)25-16-18-34(19-17-25)21-27-22-35(28-14-12-24(3)13-15-28)31-11-6-5-10-30(27)31/h5-15,20,22-23,25H,16-19,21H2,1-4H3. The molecule has 0 spiro atoms. The van der Waals surface area contributed by atoms with Gasteiger partial charge in [0.15, 0.2) is 0 Å². The van der Waals surface area contributed by atoms with Crippen LogP contribution in [0.2, 0.25) is 0 Å². The van der Waals surface area contributed by atoms with E-state index in [9.17, 15) is 4.79 Å². The molecule has 4 heteroatoms. The maximum atomic E-state index is 12.5. The Bertz CT molecular complexity index is 1340. The molecule has 5 rings (SSSR count). The number of para-hydroxylation sites is 1. The Morgan fingerprint density at radius 3 is 2.42 bits per heavy atom. The number of aromatic nitrogens is 1. The van der Waals surface area contributed by atoms with Gasteiger partial charge in [-0.3, -0.25) is 9.69 Å². The molecule has 4 nitrogen and oxygen atoms in total. The van der Waals surface area contributed by atoms with Gasteiger partial charge in [0.05, 0.1) is 5.52 Å². The van der Waals surface area contributed by atoms with Crippen LogP contribution in [0.1, 0.15) is 49.3 Å². The van der Waals surface area contributed by atoms with Gasteiger partial charge in [-0.25, -0.2) is 0 Å². The molecule has 1 aliphatic heterocycles. The van der Waals surface area contributed by atoms with Crippen LogP contribution in [0.5, 0.6) is 0 Å². The number of hydrogen-bond donors (Lipinski definition) is 0. The largest absolute Gasteiger partial charge is 0.316 e. The molecule has 0 aliphatic carbocycles. The molecule has 1 fully saturated rings. The molecule has 1 amide bonds. The average Bonchev–Trinajstić information content (AvgIpc) is 3.27. The number of fused-ring (bicyclic) bond motifs is 1. The van der Waals surface area contributed by atoms with Gasteiger partial charge >= 0.3 is 0 Å². The fraction of sp³-hybridized carbons (Fsp3) is 0.344. The number of nitrogens with zero attached hydrogens (tertiary/aromatic N) is 3. The number of aryl methyl sites for hydroxylation is 1. The zero-order valence-corrected chi connectivity index (χ0v) is 21.9. The summed E-state index contributed by atoms with van der Waals surface area (Å²) in [6, 6.07) is 26.1. The summed E-state index contributed by atoms with van der Waals surface area (Å²) in [7, 11) is 1.89. The van der Waals surface area contributed by atoms with Crippen molar-refractivity contribution < 1.29 is 4.79 Å². The molecule has 3 aromatic carbocycles. The Labute approximate surface area is 215 Å².